The lowest BCUT2D eigenvalue weighted by Crippen LogP contribution is -2.30. The van der Waals surface area contributed by atoms with Gasteiger partial charge in [0.05, 0.1) is 16.9 Å². The smallest absolute Gasteiger partial charge is 0.387 e. The number of halogens is 5. The van der Waals surface area contributed by atoms with E-state index in [4.69, 9.17) is 0 Å². The molecule has 1 aromatic carbocycles. The molecular formula is C22H22F5N3O4. The van der Waals surface area contributed by atoms with E-state index in [2.05, 4.69) is 10.1 Å². The van der Waals surface area contributed by atoms with Crippen molar-refractivity contribution in [1.82, 2.24) is 9.88 Å². The molecule has 184 valence electrons. The van der Waals surface area contributed by atoms with Crippen LogP contribution in [0.1, 0.15) is 35.7 Å². The summed E-state index contributed by atoms with van der Waals surface area (Å²) >= 11 is 0. The number of carboxylic acids is 1. The molecule has 1 saturated heterocycles. The van der Waals surface area contributed by atoms with E-state index in [1.54, 1.807) is 0 Å². The van der Waals surface area contributed by atoms with Gasteiger partial charge in [0.2, 0.25) is 5.43 Å². The second-order valence-electron chi connectivity index (χ2n) is 9.08. The van der Waals surface area contributed by atoms with Crippen LogP contribution >= 0.6 is 0 Å². The fourth-order valence-corrected chi connectivity index (χ4v) is 4.60. The molecule has 2 aromatic rings. The van der Waals surface area contributed by atoms with Gasteiger partial charge in [0.25, 0.3) is 0 Å². The molecule has 2 N–H and O–H groups in total. The summed E-state index contributed by atoms with van der Waals surface area (Å²) < 4.78 is 76.6. The highest BCUT2D eigenvalue weighted by Gasteiger charge is 2.42. The molecule has 4 atom stereocenters. The van der Waals surface area contributed by atoms with Crippen LogP contribution in [-0.2, 0) is 0 Å². The van der Waals surface area contributed by atoms with Crippen molar-refractivity contribution in [2.24, 2.45) is 5.92 Å². The summed E-state index contributed by atoms with van der Waals surface area (Å²) in [6, 6.07) is 0.122. The monoisotopic (exact) mass is 487 g/mol. The van der Waals surface area contributed by atoms with Gasteiger partial charge in [-0.1, -0.05) is 0 Å². The highest BCUT2D eigenvalue weighted by Crippen LogP contribution is 2.46. The van der Waals surface area contributed by atoms with Crippen molar-refractivity contribution >= 4 is 22.6 Å². The maximum absolute atomic E-state index is 15.3. The minimum Gasteiger partial charge on any atom is -0.477 e. The van der Waals surface area contributed by atoms with Crippen LogP contribution in [0.15, 0.2) is 17.1 Å². The van der Waals surface area contributed by atoms with Crippen LogP contribution in [0.25, 0.3) is 10.9 Å². The number of pyridine rings is 1. The Bertz CT molecular complexity index is 1200. The zero-order valence-corrected chi connectivity index (χ0v) is 17.8. The number of hydrogen-bond donors (Lipinski definition) is 2. The van der Waals surface area contributed by atoms with Crippen molar-refractivity contribution in [3.63, 3.8) is 0 Å². The minimum atomic E-state index is -3.43. The van der Waals surface area contributed by atoms with Crippen LogP contribution in [0.2, 0.25) is 0 Å². The van der Waals surface area contributed by atoms with Crippen LogP contribution < -0.4 is 20.4 Å². The van der Waals surface area contributed by atoms with Crippen molar-refractivity contribution in [1.29, 1.82) is 0 Å². The second-order valence-corrected chi connectivity index (χ2v) is 9.08. The van der Waals surface area contributed by atoms with Gasteiger partial charge in [0.1, 0.15) is 23.6 Å². The third kappa shape index (κ3) is 4.08. The molecule has 1 aromatic heterocycles. The van der Waals surface area contributed by atoms with Gasteiger partial charge in [-0.3, -0.25) is 4.79 Å². The van der Waals surface area contributed by atoms with Crippen LogP contribution in [0, 0.1) is 11.7 Å². The Labute approximate surface area is 190 Å². The number of carbonyl (C=O) groups is 1. The Kier molecular flexibility index (Phi) is 5.65. The largest absolute Gasteiger partial charge is 0.477 e. The van der Waals surface area contributed by atoms with Gasteiger partial charge in [-0.05, 0) is 18.9 Å². The Balaban J connectivity index is 1.66. The summed E-state index contributed by atoms with van der Waals surface area (Å²) in [6.07, 6.45) is 0.0400. The topological polar surface area (TPSA) is 83.8 Å². The number of benzene rings is 1. The number of nitrogens with zero attached hydrogens (tertiary/aromatic N) is 2. The van der Waals surface area contributed by atoms with E-state index < -0.39 is 70.5 Å². The molecule has 1 aliphatic heterocycles. The first-order chi connectivity index (χ1) is 16.2. The van der Waals surface area contributed by atoms with E-state index in [0.717, 1.165) is 29.7 Å². The maximum Gasteiger partial charge on any atom is 0.387 e. The minimum absolute atomic E-state index is 0.00944. The summed E-state index contributed by atoms with van der Waals surface area (Å²) in [5, 5.41) is 12.0. The Morgan fingerprint density at radius 2 is 1.94 bits per heavy atom. The normalized spacial score (nSPS) is 26.5. The van der Waals surface area contributed by atoms with E-state index in [1.165, 1.54) is 4.90 Å². The van der Waals surface area contributed by atoms with Gasteiger partial charge in [-0.15, -0.1) is 0 Å². The van der Waals surface area contributed by atoms with Gasteiger partial charge >= 0.3 is 12.6 Å². The van der Waals surface area contributed by atoms with Crippen molar-refractivity contribution < 1.29 is 36.6 Å². The summed E-state index contributed by atoms with van der Waals surface area (Å²) in [4.78, 5) is 25.5. The Morgan fingerprint density at radius 1 is 1.24 bits per heavy atom. The molecule has 2 heterocycles. The second kappa shape index (κ2) is 8.40. The predicted octanol–water partition coefficient (Wildman–Crippen LogP) is 3.25. The van der Waals surface area contributed by atoms with E-state index >= 15 is 4.39 Å². The fraction of sp³-hybridized carbons (Fsp3) is 0.545. The quantitative estimate of drug-likeness (QED) is 0.557. The number of anilines is 1. The molecule has 0 spiro atoms. The molecule has 2 aliphatic carbocycles. The Morgan fingerprint density at radius 3 is 2.53 bits per heavy atom. The van der Waals surface area contributed by atoms with Crippen LogP contribution in [0.5, 0.6) is 5.75 Å². The van der Waals surface area contributed by atoms with Crippen LogP contribution in [-0.4, -0.2) is 60.3 Å². The first kappa shape index (κ1) is 22.9. The molecule has 0 bridgehead atoms. The number of hydrogen-bond acceptors (Lipinski definition) is 5. The van der Waals surface area contributed by atoms with Gasteiger partial charge in [-0.25, -0.2) is 18.0 Å². The molecule has 3 fully saturated rings. The number of nitrogens with one attached hydrogen (secondary N) is 1. The number of aromatic nitrogens is 1. The van der Waals surface area contributed by atoms with Crippen LogP contribution in [0.3, 0.4) is 0 Å². The number of aromatic carboxylic acids is 1. The number of alkyl halides is 4. The summed E-state index contributed by atoms with van der Waals surface area (Å²) in [6.45, 7) is -3.37. The lowest BCUT2D eigenvalue weighted by Gasteiger charge is -2.25. The average molecular weight is 487 g/mol. The summed E-state index contributed by atoms with van der Waals surface area (Å²) in [7, 11) is 0. The number of rotatable bonds is 8. The molecule has 34 heavy (non-hydrogen) atoms. The van der Waals surface area contributed by atoms with Gasteiger partial charge in [-0.2, -0.15) is 8.78 Å². The number of ether oxygens (including phenoxy) is 1. The zero-order valence-electron chi connectivity index (χ0n) is 17.8. The van der Waals surface area contributed by atoms with Gasteiger partial charge in [0, 0.05) is 44.2 Å². The predicted molar refractivity (Wildman–Crippen MR) is 112 cm³/mol. The van der Waals surface area contributed by atoms with Gasteiger partial charge in [0.15, 0.2) is 11.6 Å². The summed E-state index contributed by atoms with van der Waals surface area (Å²) in [5.41, 5.74) is -2.67. The molecule has 5 rings (SSSR count). The third-order valence-corrected chi connectivity index (χ3v) is 6.60. The van der Waals surface area contributed by atoms with E-state index in [0.29, 0.717) is 12.6 Å². The van der Waals surface area contributed by atoms with E-state index in [9.17, 15) is 32.3 Å². The molecule has 0 radical (unpaired) electrons. The number of fused-ring (bicyclic) bond motifs is 1. The standard InChI is InChI=1S/C22H22F5N3O4/c23-13-4-16(13)30-7-12(21(32)33)19(31)11-3-14(24)18(20(17(11)30)34-22(26)27)29-6-9(15(25)8-29)5-28-10-1-2-10/h3,7,9-10,13,15-16,22,28H,1-2,4-6,8H2,(H,32,33)/t9-,13-,15+,16+/m0/s1. The molecule has 12 heteroatoms. The molecule has 0 unspecified atom stereocenters. The third-order valence-electron chi connectivity index (χ3n) is 6.60. The lowest BCUT2D eigenvalue weighted by atomic mass is 10.1. The molecule has 2 saturated carbocycles. The average Bonchev–Trinajstić information content (AvgIpc) is 3.67. The van der Waals surface area contributed by atoms with Gasteiger partial charge < -0.3 is 24.6 Å². The van der Waals surface area contributed by atoms with Crippen molar-refractivity contribution in [3.05, 3.63) is 33.9 Å². The lowest BCUT2D eigenvalue weighted by molar-refractivity contribution is -0.0488. The molecule has 7 nitrogen and oxygen atoms in total. The van der Waals surface area contributed by atoms with Crippen LogP contribution in [0.4, 0.5) is 27.6 Å². The first-order valence-electron chi connectivity index (χ1n) is 11.0. The van der Waals surface area contributed by atoms with Crippen molar-refractivity contribution in [3.8, 4) is 5.75 Å². The van der Waals surface area contributed by atoms with E-state index in [-0.39, 0.29) is 25.0 Å². The maximum atomic E-state index is 15.3. The zero-order chi connectivity index (χ0) is 24.3. The molecule has 3 aliphatic rings. The first-order valence-corrected chi connectivity index (χ1v) is 11.0. The SMILES string of the molecule is O=C(O)c1cn([C@@H]2C[C@@H]2F)c2c(OC(F)F)c(N3C[C@H](CNC4CC4)[C@H](F)C3)c(F)cc2c1=O. The molecule has 0 amide bonds. The van der Waals surface area contributed by atoms with Crippen molar-refractivity contribution in [2.75, 3.05) is 24.5 Å². The van der Waals surface area contributed by atoms with E-state index in [1.807, 2.05) is 0 Å². The Hall–Kier alpha value is -2.89. The summed E-state index contributed by atoms with van der Waals surface area (Å²) in [5.74, 6) is -4.01. The number of carboxylic acid groups (broad SMARTS) is 1. The highest BCUT2D eigenvalue weighted by molar-refractivity contribution is 5.97. The fourth-order valence-electron chi connectivity index (χ4n) is 4.60. The van der Waals surface area contributed by atoms with Crippen molar-refractivity contribution in [2.45, 2.75) is 50.3 Å². The molecular weight excluding hydrogens is 465 g/mol. The highest BCUT2D eigenvalue weighted by atomic mass is 19.3.